The zero-order chi connectivity index (χ0) is 16.9. The minimum atomic E-state index is -0.973. The zero-order valence-corrected chi connectivity index (χ0v) is 14.2. The van der Waals surface area contributed by atoms with E-state index in [1.54, 1.807) is 6.92 Å². The highest BCUT2D eigenvalue weighted by molar-refractivity contribution is 6.30. The van der Waals surface area contributed by atoms with Crippen LogP contribution in [-0.4, -0.2) is 17.6 Å². The van der Waals surface area contributed by atoms with Crippen LogP contribution in [-0.2, 0) is 10.4 Å². The van der Waals surface area contributed by atoms with Crippen LogP contribution in [0.25, 0.3) is 11.1 Å². The maximum atomic E-state index is 11.3. The predicted molar refractivity (Wildman–Crippen MR) is 94.4 cm³/mol. The number of hydrogen-bond donors (Lipinski definition) is 2. The summed E-state index contributed by atoms with van der Waals surface area (Å²) >= 11 is 5.90. The van der Waals surface area contributed by atoms with Gasteiger partial charge in [0.2, 0.25) is 5.91 Å². The van der Waals surface area contributed by atoms with Crippen molar-refractivity contribution >= 4 is 17.5 Å². The van der Waals surface area contributed by atoms with Gasteiger partial charge in [-0.2, -0.15) is 0 Å². The van der Waals surface area contributed by atoms with Crippen molar-refractivity contribution < 1.29 is 9.90 Å². The second-order valence-electron chi connectivity index (χ2n) is 5.81. The summed E-state index contributed by atoms with van der Waals surface area (Å²) in [6.07, 6.45) is 0.928. The monoisotopic (exact) mass is 331 g/mol. The molecule has 122 valence electrons. The number of hydrogen-bond acceptors (Lipinski definition) is 2. The number of rotatable bonds is 6. The van der Waals surface area contributed by atoms with Crippen molar-refractivity contribution in [3.63, 3.8) is 0 Å². The van der Waals surface area contributed by atoms with E-state index in [0.29, 0.717) is 24.4 Å². The van der Waals surface area contributed by atoms with E-state index in [9.17, 15) is 9.90 Å². The Morgan fingerprint density at radius 1 is 1.09 bits per heavy atom. The molecule has 1 unspecified atom stereocenters. The molecular formula is C19H22ClNO2. The van der Waals surface area contributed by atoms with E-state index in [1.807, 2.05) is 55.5 Å². The van der Waals surface area contributed by atoms with Crippen molar-refractivity contribution in [2.45, 2.75) is 32.3 Å². The molecule has 2 aromatic carbocycles. The molecular weight excluding hydrogens is 310 g/mol. The molecule has 2 rings (SSSR count). The molecule has 0 fully saturated rings. The Morgan fingerprint density at radius 3 is 2.13 bits per heavy atom. The van der Waals surface area contributed by atoms with Gasteiger partial charge in [0.05, 0.1) is 5.60 Å². The van der Waals surface area contributed by atoms with Gasteiger partial charge in [-0.3, -0.25) is 4.79 Å². The second kappa shape index (κ2) is 7.62. The third kappa shape index (κ3) is 4.81. The normalized spacial score (nSPS) is 13.4. The van der Waals surface area contributed by atoms with Gasteiger partial charge in [0.1, 0.15) is 0 Å². The quantitative estimate of drug-likeness (QED) is 0.836. The van der Waals surface area contributed by atoms with E-state index in [1.165, 1.54) is 0 Å². The molecule has 4 heteroatoms. The number of aliphatic hydroxyl groups is 1. The second-order valence-corrected chi connectivity index (χ2v) is 6.25. The number of amides is 1. The molecule has 3 nitrogen and oxygen atoms in total. The SMILES string of the molecule is CCC(=O)NCCC(C)(O)c1ccc(-c2ccc(Cl)cc2)cc1. The summed E-state index contributed by atoms with van der Waals surface area (Å²) in [5, 5.41) is 14.1. The molecule has 0 saturated carbocycles. The van der Waals surface area contributed by atoms with Crippen molar-refractivity contribution in [1.29, 1.82) is 0 Å². The van der Waals surface area contributed by atoms with Crippen LogP contribution in [0.5, 0.6) is 0 Å². The summed E-state index contributed by atoms with van der Waals surface area (Å²) in [5.41, 5.74) is 2.01. The lowest BCUT2D eigenvalue weighted by Gasteiger charge is -2.24. The lowest BCUT2D eigenvalue weighted by molar-refractivity contribution is -0.120. The fourth-order valence-corrected chi connectivity index (χ4v) is 2.50. The van der Waals surface area contributed by atoms with E-state index in [0.717, 1.165) is 16.7 Å². The highest BCUT2D eigenvalue weighted by Gasteiger charge is 2.22. The Hall–Kier alpha value is -1.84. The largest absolute Gasteiger partial charge is 0.385 e. The van der Waals surface area contributed by atoms with E-state index >= 15 is 0 Å². The fraction of sp³-hybridized carbons (Fsp3) is 0.316. The van der Waals surface area contributed by atoms with Gasteiger partial charge in [-0.1, -0.05) is 54.9 Å². The van der Waals surface area contributed by atoms with Crippen LogP contribution in [0.2, 0.25) is 5.02 Å². The Balaban J connectivity index is 2.05. The summed E-state index contributed by atoms with van der Waals surface area (Å²) in [7, 11) is 0. The molecule has 0 saturated heterocycles. The minimum absolute atomic E-state index is 0.00103. The summed E-state index contributed by atoms with van der Waals surface area (Å²) in [4.78, 5) is 11.3. The van der Waals surface area contributed by atoms with Crippen LogP contribution >= 0.6 is 11.6 Å². The van der Waals surface area contributed by atoms with Gasteiger partial charge in [0, 0.05) is 18.0 Å². The van der Waals surface area contributed by atoms with Crippen LogP contribution in [0.1, 0.15) is 32.3 Å². The molecule has 0 bridgehead atoms. The van der Waals surface area contributed by atoms with Gasteiger partial charge >= 0.3 is 0 Å². The van der Waals surface area contributed by atoms with Gasteiger partial charge in [-0.25, -0.2) is 0 Å². The van der Waals surface area contributed by atoms with Crippen molar-refractivity contribution in [1.82, 2.24) is 5.32 Å². The molecule has 0 heterocycles. The van der Waals surface area contributed by atoms with Crippen molar-refractivity contribution in [3.8, 4) is 11.1 Å². The van der Waals surface area contributed by atoms with Gasteiger partial charge in [-0.05, 0) is 42.2 Å². The van der Waals surface area contributed by atoms with Gasteiger partial charge in [0.15, 0.2) is 0 Å². The lowest BCUT2D eigenvalue weighted by Crippen LogP contribution is -2.30. The molecule has 0 radical (unpaired) electrons. The molecule has 0 aliphatic carbocycles. The van der Waals surface area contributed by atoms with E-state index < -0.39 is 5.60 Å². The van der Waals surface area contributed by atoms with Crippen LogP contribution in [0.15, 0.2) is 48.5 Å². The summed E-state index contributed by atoms with van der Waals surface area (Å²) < 4.78 is 0. The summed E-state index contributed by atoms with van der Waals surface area (Å²) in [5.74, 6) is -0.00103. The Kier molecular flexibility index (Phi) is 5.80. The zero-order valence-electron chi connectivity index (χ0n) is 13.5. The molecule has 0 spiro atoms. The first-order chi connectivity index (χ1) is 10.9. The van der Waals surface area contributed by atoms with Crippen LogP contribution in [0.3, 0.4) is 0 Å². The summed E-state index contributed by atoms with van der Waals surface area (Å²) in [6, 6.07) is 15.5. The first kappa shape index (κ1) is 17.5. The molecule has 1 amide bonds. The number of carbonyl (C=O) groups excluding carboxylic acids is 1. The molecule has 0 aromatic heterocycles. The average molecular weight is 332 g/mol. The third-order valence-electron chi connectivity index (χ3n) is 3.94. The first-order valence-electron chi connectivity index (χ1n) is 7.78. The number of benzene rings is 2. The highest BCUT2D eigenvalue weighted by atomic mass is 35.5. The maximum absolute atomic E-state index is 11.3. The Labute approximate surface area is 142 Å². The minimum Gasteiger partial charge on any atom is -0.385 e. The predicted octanol–water partition coefficient (Wildman–Crippen LogP) is 4.13. The third-order valence-corrected chi connectivity index (χ3v) is 4.19. The number of nitrogens with one attached hydrogen (secondary N) is 1. The van der Waals surface area contributed by atoms with E-state index in [2.05, 4.69) is 5.32 Å². The van der Waals surface area contributed by atoms with Crippen LogP contribution in [0.4, 0.5) is 0 Å². The van der Waals surface area contributed by atoms with Gasteiger partial charge in [-0.15, -0.1) is 0 Å². The van der Waals surface area contributed by atoms with Crippen molar-refractivity contribution in [2.75, 3.05) is 6.54 Å². The Morgan fingerprint density at radius 2 is 1.61 bits per heavy atom. The maximum Gasteiger partial charge on any atom is 0.219 e. The number of halogens is 1. The Bertz CT molecular complexity index is 648. The topological polar surface area (TPSA) is 49.3 Å². The first-order valence-corrected chi connectivity index (χ1v) is 8.16. The van der Waals surface area contributed by atoms with Gasteiger partial charge in [0.25, 0.3) is 0 Å². The van der Waals surface area contributed by atoms with Crippen LogP contribution < -0.4 is 5.32 Å². The van der Waals surface area contributed by atoms with E-state index in [-0.39, 0.29) is 5.91 Å². The molecule has 0 aliphatic rings. The molecule has 2 aromatic rings. The standard InChI is InChI=1S/C19H22ClNO2/c1-3-18(22)21-13-12-19(2,23)16-8-4-14(5-9-16)15-6-10-17(20)11-7-15/h4-11,23H,3,12-13H2,1-2H3,(H,21,22). The fourth-order valence-electron chi connectivity index (χ4n) is 2.38. The molecule has 23 heavy (non-hydrogen) atoms. The van der Waals surface area contributed by atoms with Crippen molar-refractivity contribution in [2.24, 2.45) is 0 Å². The average Bonchev–Trinajstić information content (AvgIpc) is 2.55. The van der Waals surface area contributed by atoms with Gasteiger partial charge < -0.3 is 10.4 Å². The van der Waals surface area contributed by atoms with Crippen molar-refractivity contribution in [3.05, 3.63) is 59.1 Å². The highest BCUT2D eigenvalue weighted by Crippen LogP contribution is 2.27. The summed E-state index contributed by atoms with van der Waals surface area (Å²) in [6.45, 7) is 4.03. The van der Waals surface area contributed by atoms with Crippen LogP contribution in [0, 0.1) is 0 Å². The smallest absolute Gasteiger partial charge is 0.219 e. The molecule has 1 atom stereocenters. The molecule has 2 N–H and O–H groups in total. The lowest BCUT2D eigenvalue weighted by atomic mass is 9.91. The van der Waals surface area contributed by atoms with E-state index in [4.69, 9.17) is 11.6 Å². The number of carbonyl (C=O) groups is 1. The molecule has 0 aliphatic heterocycles.